The smallest absolute Gasteiger partial charge is 0.0178 e. The summed E-state index contributed by atoms with van der Waals surface area (Å²) in [6.45, 7) is 6.02. The van der Waals surface area contributed by atoms with E-state index in [4.69, 9.17) is 0 Å². The van der Waals surface area contributed by atoms with E-state index in [0.29, 0.717) is 0 Å². The molecule has 1 saturated heterocycles. The molecule has 0 spiro atoms. The van der Waals surface area contributed by atoms with E-state index in [1.807, 2.05) is 0 Å². The molecule has 1 heterocycles. The van der Waals surface area contributed by atoms with Crippen LogP contribution in [0.4, 0.5) is 0 Å². The summed E-state index contributed by atoms with van der Waals surface area (Å²) in [6, 6.07) is 10.3. The second kappa shape index (κ2) is 6.59. The Kier molecular flexibility index (Phi) is 4.79. The standard InChI is InChI=1S/C17H25BrN2/c1-2-20-8-6-16(7-9-20)19-17-11-14(12-17)13-4-3-5-15(18)10-13/h3-5,10,14,16-17,19H,2,6-9,11-12H2,1H3. The molecule has 1 aromatic carbocycles. The topological polar surface area (TPSA) is 15.3 Å². The van der Waals surface area contributed by atoms with Crippen LogP contribution in [-0.4, -0.2) is 36.6 Å². The monoisotopic (exact) mass is 336 g/mol. The molecule has 3 heteroatoms. The van der Waals surface area contributed by atoms with Gasteiger partial charge in [0.05, 0.1) is 0 Å². The maximum atomic E-state index is 3.88. The molecule has 0 unspecified atom stereocenters. The molecule has 2 aliphatic rings. The summed E-state index contributed by atoms with van der Waals surface area (Å²) in [4.78, 5) is 2.56. The third kappa shape index (κ3) is 3.44. The van der Waals surface area contributed by atoms with Crippen LogP contribution in [0.25, 0.3) is 0 Å². The van der Waals surface area contributed by atoms with Gasteiger partial charge >= 0.3 is 0 Å². The average Bonchev–Trinajstić information content (AvgIpc) is 2.43. The fraction of sp³-hybridized carbons (Fsp3) is 0.647. The summed E-state index contributed by atoms with van der Waals surface area (Å²) in [5.41, 5.74) is 1.50. The number of likely N-dealkylation sites (tertiary alicyclic amines) is 1. The average molecular weight is 337 g/mol. The van der Waals surface area contributed by atoms with Crippen molar-refractivity contribution in [3.8, 4) is 0 Å². The number of nitrogens with one attached hydrogen (secondary N) is 1. The highest BCUT2D eigenvalue weighted by atomic mass is 79.9. The van der Waals surface area contributed by atoms with Crippen molar-refractivity contribution < 1.29 is 0 Å². The first kappa shape index (κ1) is 14.6. The first-order valence-corrected chi connectivity index (χ1v) is 8.77. The molecule has 20 heavy (non-hydrogen) atoms. The van der Waals surface area contributed by atoms with E-state index < -0.39 is 0 Å². The van der Waals surface area contributed by atoms with E-state index in [2.05, 4.69) is 57.3 Å². The van der Waals surface area contributed by atoms with Gasteiger partial charge in [-0.15, -0.1) is 0 Å². The highest BCUT2D eigenvalue weighted by molar-refractivity contribution is 9.10. The lowest BCUT2D eigenvalue weighted by molar-refractivity contribution is 0.176. The van der Waals surface area contributed by atoms with Crippen LogP contribution in [-0.2, 0) is 0 Å². The summed E-state index contributed by atoms with van der Waals surface area (Å²) in [6.07, 6.45) is 5.27. The van der Waals surface area contributed by atoms with Crippen LogP contribution in [0.1, 0.15) is 44.1 Å². The lowest BCUT2D eigenvalue weighted by Gasteiger charge is -2.41. The number of rotatable bonds is 4. The van der Waals surface area contributed by atoms with Crippen molar-refractivity contribution in [1.82, 2.24) is 10.2 Å². The fourth-order valence-corrected chi connectivity index (χ4v) is 3.95. The Labute approximate surface area is 131 Å². The Hall–Kier alpha value is -0.380. The van der Waals surface area contributed by atoms with E-state index >= 15 is 0 Å². The SMILES string of the molecule is CCN1CCC(NC2CC(c3cccc(Br)c3)C2)CC1. The van der Waals surface area contributed by atoms with Crippen molar-refractivity contribution in [1.29, 1.82) is 0 Å². The Bertz CT molecular complexity index is 434. The second-order valence-corrected chi connectivity index (χ2v) is 7.21. The first-order valence-electron chi connectivity index (χ1n) is 7.98. The molecule has 2 fully saturated rings. The van der Waals surface area contributed by atoms with Crippen molar-refractivity contribution in [3.05, 3.63) is 34.3 Å². The van der Waals surface area contributed by atoms with Gasteiger partial charge in [0.1, 0.15) is 0 Å². The van der Waals surface area contributed by atoms with Gasteiger partial charge in [0.2, 0.25) is 0 Å². The van der Waals surface area contributed by atoms with Gasteiger partial charge in [-0.2, -0.15) is 0 Å². The van der Waals surface area contributed by atoms with E-state index in [9.17, 15) is 0 Å². The highest BCUT2D eigenvalue weighted by Gasteiger charge is 2.32. The maximum absolute atomic E-state index is 3.88. The molecule has 0 radical (unpaired) electrons. The molecule has 1 saturated carbocycles. The van der Waals surface area contributed by atoms with Crippen LogP contribution in [0, 0.1) is 0 Å². The zero-order valence-corrected chi connectivity index (χ0v) is 13.9. The quantitative estimate of drug-likeness (QED) is 0.900. The van der Waals surface area contributed by atoms with E-state index in [1.54, 1.807) is 0 Å². The van der Waals surface area contributed by atoms with Crippen LogP contribution in [0.3, 0.4) is 0 Å². The minimum Gasteiger partial charge on any atom is -0.311 e. The molecule has 1 aliphatic heterocycles. The highest BCUT2D eigenvalue weighted by Crippen LogP contribution is 2.38. The summed E-state index contributed by atoms with van der Waals surface area (Å²) in [5, 5.41) is 3.88. The molecule has 2 nitrogen and oxygen atoms in total. The van der Waals surface area contributed by atoms with Crippen molar-refractivity contribution in [3.63, 3.8) is 0 Å². The number of piperidine rings is 1. The van der Waals surface area contributed by atoms with Crippen molar-refractivity contribution in [2.75, 3.05) is 19.6 Å². The summed E-state index contributed by atoms with van der Waals surface area (Å²) >= 11 is 3.57. The minimum atomic E-state index is 0.747. The van der Waals surface area contributed by atoms with Crippen molar-refractivity contribution in [2.24, 2.45) is 0 Å². The number of hydrogen-bond acceptors (Lipinski definition) is 2. The van der Waals surface area contributed by atoms with Crippen LogP contribution >= 0.6 is 15.9 Å². The number of hydrogen-bond donors (Lipinski definition) is 1. The lowest BCUT2D eigenvalue weighted by atomic mass is 9.75. The summed E-state index contributed by atoms with van der Waals surface area (Å²) in [5.74, 6) is 0.765. The molecule has 3 rings (SSSR count). The number of benzene rings is 1. The molecule has 110 valence electrons. The third-order valence-electron chi connectivity index (χ3n) is 4.96. The van der Waals surface area contributed by atoms with E-state index in [0.717, 1.165) is 18.0 Å². The molecule has 1 N–H and O–H groups in total. The molecule has 1 aliphatic carbocycles. The predicted molar refractivity (Wildman–Crippen MR) is 88.2 cm³/mol. The van der Waals surface area contributed by atoms with Gasteiger partial charge < -0.3 is 10.2 Å². The molecule has 0 amide bonds. The zero-order chi connectivity index (χ0) is 13.9. The maximum Gasteiger partial charge on any atom is 0.0178 e. The van der Waals surface area contributed by atoms with Gasteiger partial charge in [0.25, 0.3) is 0 Å². The largest absolute Gasteiger partial charge is 0.311 e. The van der Waals surface area contributed by atoms with Gasteiger partial charge in [-0.3, -0.25) is 0 Å². The summed E-state index contributed by atoms with van der Waals surface area (Å²) in [7, 11) is 0. The fourth-order valence-electron chi connectivity index (χ4n) is 3.54. The molecule has 0 atom stereocenters. The van der Waals surface area contributed by atoms with E-state index in [1.165, 1.54) is 55.4 Å². The summed E-state index contributed by atoms with van der Waals surface area (Å²) < 4.78 is 1.21. The van der Waals surface area contributed by atoms with Gasteiger partial charge in [0.15, 0.2) is 0 Å². The van der Waals surface area contributed by atoms with Gasteiger partial charge in [-0.25, -0.2) is 0 Å². The Morgan fingerprint density at radius 3 is 2.60 bits per heavy atom. The second-order valence-electron chi connectivity index (χ2n) is 6.30. The van der Waals surface area contributed by atoms with Gasteiger partial charge in [-0.1, -0.05) is 35.0 Å². The van der Waals surface area contributed by atoms with Gasteiger partial charge in [-0.05, 0) is 68.9 Å². The number of halogens is 1. The Balaban J connectivity index is 1.42. The first-order chi connectivity index (χ1) is 9.74. The molecule has 0 bridgehead atoms. The molecule has 1 aromatic rings. The Morgan fingerprint density at radius 1 is 1.20 bits per heavy atom. The van der Waals surface area contributed by atoms with Crippen molar-refractivity contribution >= 4 is 15.9 Å². The minimum absolute atomic E-state index is 0.747. The lowest BCUT2D eigenvalue weighted by Crippen LogP contribution is -2.49. The van der Waals surface area contributed by atoms with Crippen molar-refractivity contribution in [2.45, 2.75) is 50.6 Å². The van der Waals surface area contributed by atoms with Crippen LogP contribution in [0.5, 0.6) is 0 Å². The van der Waals surface area contributed by atoms with Crippen LogP contribution in [0.15, 0.2) is 28.7 Å². The van der Waals surface area contributed by atoms with Gasteiger partial charge in [0, 0.05) is 16.6 Å². The molecular weight excluding hydrogens is 312 g/mol. The van der Waals surface area contributed by atoms with E-state index in [-0.39, 0.29) is 0 Å². The zero-order valence-electron chi connectivity index (χ0n) is 12.3. The van der Waals surface area contributed by atoms with Crippen LogP contribution in [0.2, 0.25) is 0 Å². The van der Waals surface area contributed by atoms with Crippen LogP contribution < -0.4 is 5.32 Å². The Morgan fingerprint density at radius 2 is 1.95 bits per heavy atom. The normalized spacial score (nSPS) is 28.3. The molecular formula is C17H25BrN2. The predicted octanol–water partition coefficient (Wildman–Crippen LogP) is 3.77. The number of nitrogens with zero attached hydrogens (tertiary/aromatic N) is 1. The third-order valence-corrected chi connectivity index (χ3v) is 5.46. The molecule has 0 aromatic heterocycles.